The fourth-order valence-corrected chi connectivity index (χ4v) is 4.98. The summed E-state index contributed by atoms with van der Waals surface area (Å²) in [5, 5.41) is 6.01. The van der Waals surface area contributed by atoms with Crippen molar-refractivity contribution in [3.63, 3.8) is 0 Å². The van der Waals surface area contributed by atoms with Gasteiger partial charge in [0.05, 0.1) is 18.1 Å². The highest BCUT2D eigenvalue weighted by Gasteiger charge is 2.28. The predicted octanol–water partition coefficient (Wildman–Crippen LogP) is 1.28. The fourth-order valence-electron chi connectivity index (χ4n) is 3.31. The standard InChI is InChI=1S/C16H22N2O3S/c19-16(18-13-8-9-22(20,21)11-13)10-17-15-7-3-5-12-4-1-2-6-14(12)15/h3,5,7,13,17H,1-2,4,6,8-11H2,(H,18,19)/t13-/m0/s1. The van der Waals surface area contributed by atoms with Crippen LogP contribution in [0.2, 0.25) is 0 Å². The average Bonchev–Trinajstić information content (AvgIpc) is 2.84. The quantitative estimate of drug-likeness (QED) is 0.876. The SMILES string of the molecule is O=C(CNc1cccc2c1CCCC2)N[C@H]1CCS(=O)(=O)C1. The van der Waals surface area contributed by atoms with Gasteiger partial charge in [-0.2, -0.15) is 0 Å². The van der Waals surface area contributed by atoms with Gasteiger partial charge in [0.25, 0.3) is 0 Å². The molecule has 22 heavy (non-hydrogen) atoms. The number of fused-ring (bicyclic) bond motifs is 1. The maximum absolute atomic E-state index is 12.0. The van der Waals surface area contributed by atoms with Crippen LogP contribution >= 0.6 is 0 Å². The highest BCUT2D eigenvalue weighted by atomic mass is 32.2. The number of aryl methyl sites for hydroxylation is 1. The average molecular weight is 322 g/mol. The molecule has 1 atom stereocenters. The molecule has 1 fully saturated rings. The summed E-state index contributed by atoms with van der Waals surface area (Å²) in [7, 11) is -2.96. The number of benzene rings is 1. The first kappa shape index (κ1) is 15.3. The summed E-state index contributed by atoms with van der Waals surface area (Å²) in [4.78, 5) is 12.0. The summed E-state index contributed by atoms with van der Waals surface area (Å²) in [5.41, 5.74) is 3.73. The van der Waals surface area contributed by atoms with Crippen molar-refractivity contribution >= 4 is 21.4 Å². The minimum absolute atomic E-state index is 0.0689. The lowest BCUT2D eigenvalue weighted by molar-refractivity contribution is -0.119. The summed E-state index contributed by atoms with van der Waals surface area (Å²) in [5.74, 6) is 0.104. The number of rotatable bonds is 4. The van der Waals surface area contributed by atoms with Gasteiger partial charge in [0.15, 0.2) is 9.84 Å². The normalized spacial score (nSPS) is 22.8. The molecule has 0 bridgehead atoms. The predicted molar refractivity (Wildman–Crippen MR) is 86.8 cm³/mol. The lowest BCUT2D eigenvalue weighted by Crippen LogP contribution is -2.39. The molecular weight excluding hydrogens is 300 g/mol. The van der Waals surface area contributed by atoms with Crippen molar-refractivity contribution in [2.45, 2.75) is 38.1 Å². The van der Waals surface area contributed by atoms with E-state index in [2.05, 4.69) is 16.7 Å². The summed E-state index contributed by atoms with van der Waals surface area (Å²) >= 11 is 0. The first-order chi connectivity index (χ1) is 10.5. The van der Waals surface area contributed by atoms with Crippen LogP contribution in [0.1, 0.15) is 30.4 Å². The van der Waals surface area contributed by atoms with E-state index in [9.17, 15) is 13.2 Å². The molecule has 1 aromatic rings. The molecule has 0 aromatic heterocycles. The van der Waals surface area contributed by atoms with Crippen molar-refractivity contribution in [2.24, 2.45) is 0 Å². The van der Waals surface area contributed by atoms with Gasteiger partial charge in [0.1, 0.15) is 0 Å². The Morgan fingerprint density at radius 2 is 2.05 bits per heavy atom. The molecule has 1 aliphatic heterocycles. The van der Waals surface area contributed by atoms with E-state index in [0.29, 0.717) is 6.42 Å². The summed E-state index contributed by atoms with van der Waals surface area (Å²) in [6.45, 7) is 0.188. The van der Waals surface area contributed by atoms with Crippen molar-refractivity contribution < 1.29 is 13.2 Å². The van der Waals surface area contributed by atoms with E-state index < -0.39 is 9.84 Å². The van der Waals surface area contributed by atoms with Crippen LogP contribution in [0.15, 0.2) is 18.2 Å². The number of anilines is 1. The van der Waals surface area contributed by atoms with E-state index in [1.165, 1.54) is 24.0 Å². The lowest BCUT2D eigenvalue weighted by atomic mass is 9.90. The van der Waals surface area contributed by atoms with Crippen LogP contribution in [-0.4, -0.2) is 38.4 Å². The van der Waals surface area contributed by atoms with Gasteiger partial charge < -0.3 is 10.6 Å². The molecule has 0 saturated carbocycles. The molecule has 2 aliphatic rings. The molecule has 2 N–H and O–H groups in total. The van der Waals surface area contributed by atoms with Gasteiger partial charge in [-0.25, -0.2) is 8.42 Å². The first-order valence-electron chi connectivity index (χ1n) is 7.88. The molecule has 3 rings (SSSR count). The molecule has 0 radical (unpaired) electrons. The number of carbonyl (C=O) groups excluding carboxylic acids is 1. The first-order valence-corrected chi connectivity index (χ1v) is 9.70. The fraction of sp³-hybridized carbons (Fsp3) is 0.562. The van der Waals surface area contributed by atoms with Crippen LogP contribution in [0.4, 0.5) is 5.69 Å². The molecule has 1 aliphatic carbocycles. The molecule has 1 heterocycles. The topological polar surface area (TPSA) is 75.3 Å². The number of amides is 1. The van der Waals surface area contributed by atoms with Gasteiger partial charge in [-0.1, -0.05) is 12.1 Å². The highest BCUT2D eigenvalue weighted by Crippen LogP contribution is 2.27. The second-order valence-electron chi connectivity index (χ2n) is 6.17. The second-order valence-corrected chi connectivity index (χ2v) is 8.40. The Hall–Kier alpha value is -1.56. The van der Waals surface area contributed by atoms with Crippen LogP contribution in [0, 0.1) is 0 Å². The van der Waals surface area contributed by atoms with Crippen LogP contribution in [0.3, 0.4) is 0 Å². The Kier molecular flexibility index (Phi) is 4.38. The highest BCUT2D eigenvalue weighted by molar-refractivity contribution is 7.91. The van der Waals surface area contributed by atoms with Crippen LogP contribution in [0.5, 0.6) is 0 Å². The second kappa shape index (κ2) is 6.28. The van der Waals surface area contributed by atoms with Crippen LogP contribution in [0.25, 0.3) is 0 Å². The number of sulfone groups is 1. The zero-order chi connectivity index (χ0) is 15.6. The molecule has 5 nitrogen and oxygen atoms in total. The molecule has 120 valence electrons. The minimum atomic E-state index is -2.96. The van der Waals surface area contributed by atoms with Crippen LogP contribution in [-0.2, 0) is 27.5 Å². The van der Waals surface area contributed by atoms with Crippen LogP contribution < -0.4 is 10.6 Å². The molecule has 6 heteroatoms. The third-order valence-corrected chi connectivity index (χ3v) is 6.20. The monoisotopic (exact) mass is 322 g/mol. The minimum Gasteiger partial charge on any atom is -0.376 e. The van der Waals surface area contributed by atoms with Crippen molar-refractivity contribution in [1.82, 2.24) is 5.32 Å². The zero-order valence-corrected chi connectivity index (χ0v) is 13.4. The Balaban J connectivity index is 1.55. The van der Waals surface area contributed by atoms with Gasteiger partial charge in [0, 0.05) is 11.7 Å². The molecule has 1 amide bonds. The number of carbonyl (C=O) groups is 1. The van der Waals surface area contributed by atoms with E-state index in [1.807, 2.05) is 12.1 Å². The maximum Gasteiger partial charge on any atom is 0.239 e. The van der Waals surface area contributed by atoms with E-state index in [0.717, 1.165) is 18.5 Å². The molecule has 1 saturated heterocycles. The number of nitrogens with one attached hydrogen (secondary N) is 2. The lowest BCUT2D eigenvalue weighted by Gasteiger charge is -2.20. The van der Waals surface area contributed by atoms with Crippen molar-refractivity contribution in [1.29, 1.82) is 0 Å². The van der Waals surface area contributed by atoms with E-state index in [1.54, 1.807) is 0 Å². The van der Waals surface area contributed by atoms with Gasteiger partial charge in [0.2, 0.25) is 5.91 Å². The Morgan fingerprint density at radius 1 is 1.23 bits per heavy atom. The molecular formula is C16H22N2O3S. The summed E-state index contributed by atoms with van der Waals surface area (Å²) in [6, 6.07) is 5.96. The Labute approximate surface area is 131 Å². The largest absolute Gasteiger partial charge is 0.376 e. The number of hydrogen-bond acceptors (Lipinski definition) is 4. The van der Waals surface area contributed by atoms with E-state index in [4.69, 9.17) is 0 Å². The van der Waals surface area contributed by atoms with Crippen molar-refractivity contribution in [2.75, 3.05) is 23.4 Å². The Bertz CT molecular complexity index is 670. The molecule has 0 unspecified atom stereocenters. The Morgan fingerprint density at radius 3 is 2.82 bits per heavy atom. The van der Waals surface area contributed by atoms with Gasteiger partial charge in [-0.15, -0.1) is 0 Å². The van der Waals surface area contributed by atoms with E-state index in [-0.39, 0.29) is 30.0 Å². The zero-order valence-electron chi connectivity index (χ0n) is 12.6. The molecule has 0 spiro atoms. The summed E-state index contributed by atoms with van der Waals surface area (Å²) in [6.07, 6.45) is 5.11. The van der Waals surface area contributed by atoms with Gasteiger partial charge in [-0.05, 0) is 49.3 Å². The smallest absolute Gasteiger partial charge is 0.239 e. The number of hydrogen-bond donors (Lipinski definition) is 2. The third kappa shape index (κ3) is 3.61. The van der Waals surface area contributed by atoms with E-state index >= 15 is 0 Å². The van der Waals surface area contributed by atoms with Gasteiger partial charge in [-0.3, -0.25) is 4.79 Å². The van der Waals surface area contributed by atoms with Crippen molar-refractivity contribution in [3.05, 3.63) is 29.3 Å². The summed E-state index contributed by atoms with van der Waals surface area (Å²) < 4.78 is 22.8. The van der Waals surface area contributed by atoms with Gasteiger partial charge >= 0.3 is 0 Å². The maximum atomic E-state index is 12.0. The molecule has 1 aromatic carbocycles. The third-order valence-electron chi connectivity index (χ3n) is 4.43. The van der Waals surface area contributed by atoms with Crippen molar-refractivity contribution in [3.8, 4) is 0 Å².